The summed E-state index contributed by atoms with van der Waals surface area (Å²) in [5, 5.41) is 6.93. The van der Waals surface area contributed by atoms with Gasteiger partial charge < -0.3 is 10.6 Å². The van der Waals surface area contributed by atoms with Gasteiger partial charge in [-0.1, -0.05) is 41.9 Å². The first-order valence-corrected chi connectivity index (χ1v) is 10.2. The monoisotopic (exact) mass is 394 g/mol. The molecule has 3 N–H and O–H groups in total. The second kappa shape index (κ2) is 10.2. The van der Waals surface area contributed by atoms with Crippen LogP contribution in [-0.4, -0.2) is 34.0 Å². The van der Waals surface area contributed by atoms with Gasteiger partial charge in [-0.2, -0.15) is 0 Å². The van der Waals surface area contributed by atoms with Crippen molar-refractivity contribution >= 4 is 27.6 Å². The Labute approximate surface area is 159 Å². The third kappa shape index (κ3) is 6.67. The minimum atomic E-state index is -3.49. The van der Waals surface area contributed by atoms with Crippen LogP contribution in [0.4, 0.5) is 0 Å². The number of hydrogen-bond acceptors (Lipinski definition) is 3. The lowest BCUT2D eigenvalue weighted by molar-refractivity contribution is 0.580. The molecule has 0 aliphatic rings. The summed E-state index contributed by atoms with van der Waals surface area (Å²) in [6, 6.07) is 15.8. The first-order valence-electron chi connectivity index (χ1n) is 8.32. The molecule has 0 aromatic heterocycles. The number of rotatable bonds is 8. The Bertz CT molecular complexity index is 809. The van der Waals surface area contributed by atoms with Crippen LogP contribution >= 0.6 is 11.6 Å². The number of nitrogens with one attached hydrogen (secondary N) is 3. The van der Waals surface area contributed by atoms with Crippen molar-refractivity contribution in [3.05, 3.63) is 65.2 Å². The normalized spacial score (nSPS) is 12.0. The standard InChI is InChI=1S/C18H23ClN4O2S/c1-2-20-18(22-14-15-8-10-16(19)11-9-15)21-12-13-23-26(24,25)17-6-4-3-5-7-17/h3-11,23H,2,12-14H2,1H3,(H2,20,21,22). The highest BCUT2D eigenvalue weighted by Gasteiger charge is 2.11. The second-order valence-electron chi connectivity index (χ2n) is 5.46. The molecule has 0 aliphatic carbocycles. The maximum absolute atomic E-state index is 12.1. The van der Waals surface area contributed by atoms with Crippen LogP contribution in [0.1, 0.15) is 12.5 Å². The van der Waals surface area contributed by atoms with Gasteiger partial charge in [0.05, 0.1) is 11.4 Å². The average molecular weight is 395 g/mol. The lowest BCUT2D eigenvalue weighted by Crippen LogP contribution is -2.41. The van der Waals surface area contributed by atoms with Gasteiger partial charge in [-0.25, -0.2) is 18.1 Å². The lowest BCUT2D eigenvalue weighted by atomic mass is 10.2. The molecule has 0 heterocycles. The molecule has 0 amide bonds. The quantitative estimate of drug-likeness (QED) is 0.364. The fourth-order valence-corrected chi connectivity index (χ4v) is 3.33. The predicted octanol–water partition coefficient (Wildman–Crippen LogP) is 2.37. The topological polar surface area (TPSA) is 82.6 Å². The highest BCUT2D eigenvalue weighted by atomic mass is 35.5. The van der Waals surface area contributed by atoms with Crippen LogP contribution in [-0.2, 0) is 16.6 Å². The zero-order chi connectivity index (χ0) is 18.8. The summed E-state index contributed by atoms with van der Waals surface area (Å²) in [4.78, 5) is 4.73. The maximum atomic E-state index is 12.1. The molecular weight excluding hydrogens is 372 g/mol. The Morgan fingerprint density at radius 1 is 1.00 bits per heavy atom. The summed E-state index contributed by atoms with van der Waals surface area (Å²) < 4.78 is 26.9. The summed E-state index contributed by atoms with van der Waals surface area (Å²) >= 11 is 5.87. The smallest absolute Gasteiger partial charge is 0.240 e. The molecule has 0 saturated carbocycles. The van der Waals surface area contributed by atoms with Crippen molar-refractivity contribution in [2.24, 2.45) is 4.99 Å². The second-order valence-corrected chi connectivity index (χ2v) is 7.66. The zero-order valence-corrected chi connectivity index (χ0v) is 16.1. The van der Waals surface area contributed by atoms with E-state index in [9.17, 15) is 8.42 Å². The SMILES string of the molecule is CCNC(=NCc1ccc(Cl)cc1)NCCNS(=O)(=O)c1ccccc1. The van der Waals surface area contributed by atoms with Crippen LogP contribution < -0.4 is 15.4 Å². The first-order chi connectivity index (χ1) is 12.5. The van der Waals surface area contributed by atoms with Crippen molar-refractivity contribution in [3.8, 4) is 0 Å². The van der Waals surface area contributed by atoms with E-state index in [-0.39, 0.29) is 11.4 Å². The Balaban J connectivity index is 1.84. The highest BCUT2D eigenvalue weighted by Crippen LogP contribution is 2.10. The van der Waals surface area contributed by atoms with Crippen molar-refractivity contribution in [1.29, 1.82) is 0 Å². The maximum Gasteiger partial charge on any atom is 0.240 e. The van der Waals surface area contributed by atoms with Crippen molar-refractivity contribution in [2.45, 2.75) is 18.4 Å². The molecule has 0 saturated heterocycles. The minimum absolute atomic E-state index is 0.253. The Morgan fingerprint density at radius 2 is 1.69 bits per heavy atom. The van der Waals surface area contributed by atoms with Crippen LogP contribution in [0.3, 0.4) is 0 Å². The molecule has 0 radical (unpaired) electrons. The summed E-state index contributed by atoms with van der Waals surface area (Å²) in [5.41, 5.74) is 1.04. The van der Waals surface area contributed by atoms with Crippen molar-refractivity contribution in [1.82, 2.24) is 15.4 Å². The van der Waals surface area contributed by atoms with E-state index in [4.69, 9.17) is 11.6 Å². The molecule has 8 heteroatoms. The molecule has 0 spiro atoms. The predicted molar refractivity (Wildman–Crippen MR) is 106 cm³/mol. The molecule has 0 fully saturated rings. The van der Waals surface area contributed by atoms with E-state index in [1.54, 1.807) is 30.3 Å². The van der Waals surface area contributed by atoms with Gasteiger partial charge in [0, 0.05) is 24.7 Å². The van der Waals surface area contributed by atoms with Gasteiger partial charge in [-0.05, 0) is 36.8 Å². The molecule has 2 aromatic rings. The summed E-state index contributed by atoms with van der Waals surface area (Å²) in [6.45, 7) is 3.85. The van der Waals surface area contributed by atoms with Crippen LogP contribution in [0.15, 0.2) is 64.5 Å². The van der Waals surface area contributed by atoms with Gasteiger partial charge in [-0.15, -0.1) is 0 Å². The number of guanidine groups is 1. The fourth-order valence-electron chi connectivity index (χ4n) is 2.15. The molecular formula is C18H23ClN4O2S. The van der Waals surface area contributed by atoms with Gasteiger partial charge >= 0.3 is 0 Å². The first kappa shape index (κ1) is 20.2. The number of nitrogens with zero attached hydrogens (tertiary/aromatic N) is 1. The Morgan fingerprint density at radius 3 is 2.35 bits per heavy atom. The van der Waals surface area contributed by atoms with E-state index in [0.29, 0.717) is 30.6 Å². The highest BCUT2D eigenvalue weighted by molar-refractivity contribution is 7.89. The summed E-state index contributed by atoms with van der Waals surface area (Å²) in [6.07, 6.45) is 0. The van der Waals surface area contributed by atoms with Crippen molar-refractivity contribution < 1.29 is 8.42 Å². The largest absolute Gasteiger partial charge is 0.357 e. The number of sulfonamides is 1. The molecule has 0 unspecified atom stereocenters. The van der Waals surface area contributed by atoms with Gasteiger partial charge in [0.25, 0.3) is 0 Å². The van der Waals surface area contributed by atoms with Crippen LogP contribution in [0.5, 0.6) is 0 Å². The number of benzene rings is 2. The van der Waals surface area contributed by atoms with E-state index in [2.05, 4.69) is 20.3 Å². The molecule has 2 aromatic carbocycles. The van der Waals surface area contributed by atoms with E-state index in [0.717, 1.165) is 5.56 Å². The molecule has 0 bridgehead atoms. The van der Waals surface area contributed by atoms with Gasteiger partial charge in [0.1, 0.15) is 0 Å². The van der Waals surface area contributed by atoms with Crippen LogP contribution in [0.2, 0.25) is 5.02 Å². The van der Waals surface area contributed by atoms with Crippen LogP contribution in [0.25, 0.3) is 0 Å². The van der Waals surface area contributed by atoms with E-state index >= 15 is 0 Å². The molecule has 0 atom stereocenters. The van der Waals surface area contributed by atoms with E-state index < -0.39 is 10.0 Å². The van der Waals surface area contributed by atoms with Gasteiger partial charge in [0.2, 0.25) is 10.0 Å². The summed E-state index contributed by atoms with van der Waals surface area (Å²) in [5.74, 6) is 0.626. The number of aliphatic imine (C=N–C) groups is 1. The molecule has 26 heavy (non-hydrogen) atoms. The number of hydrogen-bond donors (Lipinski definition) is 3. The molecule has 2 rings (SSSR count). The third-order valence-corrected chi connectivity index (χ3v) is 5.17. The lowest BCUT2D eigenvalue weighted by Gasteiger charge is -2.12. The van der Waals surface area contributed by atoms with E-state index in [1.807, 2.05) is 31.2 Å². The number of halogens is 1. The molecule has 0 aliphatic heterocycles. The third-order valence-electron chi connectivity index (χ3n) is 3.44. The minimum Gasteiger partial charge on any atom is -0.357 e. The van der Waals surface area contributed by atoms with Crippen molar-refractivity contribution in [3.63, 3.8) is 0 Å². The van der Waals surface area contributed by atoms with Crippen LogP contribution in [0, 0.1) is 0 Å². The molecule has 6 nitrogen and oxygen atoms in total. The Hall–Kier alpha value is -2.09. The fraction of sp³-hybridized carbons (Fsp3) is 0.278. The van der Waals surface area contributed by atoms with E-state index in [1.165, 1.54) is 0 Å². The van der Waals surface area contributed by atoms with Gasteiger partial charge in [-0.3, -0.25) is 0 Å². The molecule has 140 valence electrons. The zero-order valence-electron chi connectivity index (χ0n) is 14.6. The Kier molecular flexibility index (Phi) is 7.90. The summed E-state index contributed by atoms with van der Waals surface area (Å²) in [7, 11) is -3.49. The van der Waals surface area contributed by atoms with Crippen molar-refractivity contribution in [2.75, 3.05) is 19.6 Å². The van der Waals surface area contributed by atoms with Gasteiger partial charge in [0.15, 0.2) is 5.96 Å². The average Bonchev–Trinajstić information content (AvgIpc) is 2.65.